The largest absolute Gasteiger partial charge is 0.296 e. The van der Waals surface area contributed by atoms with Crippen LogP contribution in [0.1, 0.15) is 6.42 Å². The number of aromatic nitrogens is 1. The lowest BCUT2D eigenvalue weighted by molar-refractivity contribution is -0.121. The van der Waals surface area contributed by atoms with E-state index in [1.54, 1.807) is 12.1 Å². The fourth-order valence-corrected chi connectivity index (χ4v) is 4.06. The van der Waals surface area contributed by atoms with Crippen molar-refractivity contribution < 1.29 is 9.59 Å². The highest BCUT2D eigenvalue weighted by Crippen LogP contribution is 2.32. The maximum absolute atomic E-state index is 12.6. The van der Waals surface area contributed by atoms with Gasteiger partial charge in [-0.15, -0.1) is 0 Å². The van der Waals surface area contributed by atoms with Crippen molar-refractivity contribution in [1.29, 1.82) is 0 Å². The second kappa shape index (κ2) is 6.85. The highest BCUT2D eigenvalue weighted by Gasteiger charge is 2.40. The van der Waals surface area contributed by atoms with E-state index in [0.717, 1.165) is 15.1 Å². The summed E-state index contributed by atoms with van der Waals surface area (Å²) in [6, 6.07) is 11.7. The number of carbonyl (C=O) groups is 2. The van der Waals surface area contributed by atoms with Gasteiger partial charge in [-0.3, -0.25) is 15.0 Å². The molecular weight excluding hydrogens is 395 g/mol. The van der Waals surface area contributed by atoms with Crippen LogP contribution >= 0.6 is 34.5 Å². The molecule has 1 aliphatic heterocycles. The number of nitrogens with one attached hydrogen (secondary N) is 2. The lowest BCUT2D eigenvalue weighted by atomic mass is 10.2. The number of thiazole rings is 1. The summed E-state index contributed by atoms with van der Waals surface area (Å²) in [7, 11) is 0. The summed E-state index contributed by atoms with van der Waals surface area (Å²) in [4.78, 5) is 30.5. The van der Waals surface area contributed by atoms with E-state index in [1.165, 1.54) is 17.4 Å². The number of imide groups is 1. The van der Waals surface area contributed by atoms with Crippen molar-refractivity contribution in [3.8, 4) is 0 Å². The van der Waals surface area contributed by atoms with Gasteiger partial charge in [0.2, 0.25) is 5.91 Å². The molecule has 0 radical (unpaired) electrons. The molecule has 2 amide bonds. The highest BCUT2D eigenvalue weighted by atomic mass is 35.5. The molecule has 0 spiro atoms. The van der Waals surface area contributed by atoms with Crippen molar-refractivity contribution in [1.82, 2.24) is 10.4 Å². The van der Waals surface area contributed by atoms with E-state index in [0.29, 0.717) is 15.8 Å². The molecule has 0 bridgehead atoms. The zero-order valence-corrected chi connectivity index (χ0v) is 15.5. The molecule has 2 N–H and O–H groups in total. The van der Waals surface area contributed by atoms with Crippen LogP contribution in [0.25, 0.3) is 10.2 Å². The number of benzene rings is 2. The first kappa shape index (κ1) is 17.2. The third kappa shape index (κ3) is 3.14. The molecule has 9 heteroatoms. The van der Waals surface area contributed by atoms with Crippen LogP contribution in [-0.4, -0.2) is 22.8 Å². The summed E-state index contributed by atoms with van der Waals surface area (Å²) in [6.07, 6.45) is 0.0235. The fourth-order valence-electron chi connectivity index (χ4n) is 2.73. The minimum absolute atomic E-state index is 0.0235. The molecule has 4 rings (SSSR count). The predicted molar refractivity (Wildman–Crippen MR) is 104 cm³/mol. The monoisotopic (exact) mass is 406 g/mol. The van der Waals surface area contributed by atoms with Crippen molar-refractivity contribution >= 4 is 67.4 Å². The SMILES string of the molecule is O=C1C[C@H](NNc2nc3ccccc3s2)C(=O)N1c1ccc(Cl)cc1Cl. The smallest absolute Gasteiger partial charge is 0.253 e. The van der Waals surface area contributed by atoms with E-state index >= 15 is 0 Å². The number of anilines is 2. The lowest BCUT2D eigenvalue weighted by Crippen LogP contribution is -2.41. The van der Waals surface area contributed by atoms with Crippen LogP contribution in [0.2, 0.25) is 10.0 Å². The molecule has 0 aliphatic carbocycles. The number of rotatable bonds is 4. The number of hydrogen-bond donors (Lipinski definition) is 2. The Morgan fingerprint density at radius 1 is 1.15 bits per heavy atom. The molecule has 26 heavy (non-hydrogen) atoms. The zero-order chi connectivity index (χ0) is 18.3. The molecular formula is C17H12Cl2N4O2S. The minimum Gasteiger partial charge on any atom is -0.296 e. The molecule has 1 atom stereocenters. The number of halogens is 2. The summed E-state index contributed by atoms with van der Waals surface area (Å²) in [5.74, 6) is -0.712. The average molecular weight is 407 g/mol. The molecule has 3 aromatic rings. The fraction of sp³-hybridized carbons (Fsp3) is 0.118. The van der Waals surface area contributed by atoms with Crippen LogP contribution in [0.3, 0.4) is 0 Å². The molecule has 1 saturated heterocycles. The number of amides is 2. The zero-order valence-electron chi connectivity index (χ0n) is 13.2. The van der Waals surface area contributed by atoms with E-state index < -0.39 is 6.04 Å². The molecule has 2 aromatic carbocycles. The molecule has 1 aromatic heterocycles. The Kier molecular flexibility index (Phi) is 4.54. The Morgan fingerprint density at radius 3 is 2.73 bits per heavy atom. The van der Waals surface area contributed by atoms with Gasteiger partial charge in [0.05, 0.1) is 27.3 Å². The predicted octanol–water partition coefficient (Wildman–Crippen LogP) is 3.85. The van der Waals surface area contributed by atoms with E-state index in [9.17, 15) is 9.59 Å². The maximum atomic E-state index is 12.6. The van der Waals surface area contributed by atoms with Crippen LogP contribution in [-0.2, 0) is 9.59 Å². The Morgan fingerprint density at radius 2 is 1.96 bits per heavy atom. The van der Waals surface area contributed by atoms with E-state index in [1.807, 2.05) is 24.3 Å². The first-order valence-corrected chi connectivity index (χ1v) is 9.29. The van der Waals surface area contributed by atoms with Crippen LogP contribution in [0, 0.1) is 0 Å². The molecule has 6 nitrogen and oxygen atoms in total. The normalized spacial score (nSPS) is 17.3. The van der Waals surface area contributed by atoms with Gasteiger partial charge in [-0.25, -0.2) is 15.3 Å². The Bertz CT molecular complexity index is 990. The Balaban J connectivity index is 1.50. The molecule has 0 saturated carbocycles. The van der Waals surface area contributed by atoms with E-state index in [4.69, 9.17) is 23.2 Å². The topological polar surface area (TPSA) is 74.3 Å². The second-order valence-electron chi connectivity index (χ2n) is 5.68. The lowest BCUT2D eigenvalue weighted by Gasteiger charge is -2.17. The third-order valence-corrected chi connectivity index (χ3v) is 5.43. The standard InChI is InChI=1S/C17H12Cl2N4O2S/c18-9-5-6-13(10(19)7-9)23-15(24)8-12(16(23)25)21-22-17-20-11-3-1-2-4-14(11)26-17/h1-7,12,21H,8H2,(H,20,22)/t12-/m0/s1. The number of carbonyl (C=O) groups excluding carboxylic acids is 2. The van der Waals surface area contributed by atoms with Gasteiger partial charge in [0.25, 0.3) is 5.91 Å². The van der Waals surface area contributed by atoms with Gasteiger partial charge in [0, 0.05) is 5.02 Å². The van der Waals surface area contributed by atoms with Crippen LogP contribution in [0.15, 0.2) is 42.5 Å². The van der Waals surface area contributed by atoms with Crippen molar-refractivity contribution in [2.24, 2.45) is 0 Å². The van der Waals surface area contributed by atoms with Crippen molar-refractivity contribution in [3.05, 3.63) is 52.5 Å². The summed E-state index contributed by atoms with van der Waals surface area (Å²) < 4.78 is 1.03. The van der Waals surface area contributed by atoms with Gasteiger partial charge < -0.3 is 0 Å². The van der Waals surface area contributed by atoms with Gasteiger partial charge in [-0.2, -0.15) is 0 Å². The summed E-state index contributed by atoms with van der Waals surface area (Å²) in [5.41, 5.74) is 7.01. The van der Waals surface area contributed by atoms with Gasteiger partial charge >= 0.3 is 0 Å². The first-order chi connectivity index (χ1) is 12.5. The Labute approximate surface area is 162 Å². The van der Waals surface area contributed by atoms with Crippen molar-refractivity contribution in [3.63, 3.8) is 0 Å². The number of hydrazine groups is 1. The average Bonchev–Trinajstić information content (AvgIpc) is 3.14. The summed E-state index contributed by atoms with van der Waals surface area (Å²) in [6.45, 7) is 0. The Hall–Kier alpha value is -2.19. The maximum Gasteiger partial charge on any atom is 0.253 e. The number of fused-ring (bicyclic) bond motifs is 1. The van der Waals surface area contributed by atoms with E-state index in [-0.39, 0.29) is 23.3 Å². The highest BCUT2D eigenvalue weighted by molar-refractivity contribution is 7.22. The van der Waals surface area contributed by atoms with Gasteiger partial charge in [-0.05, 0) is 30.3 Å². The number of nitrogens with zero attached hydrogens (tertiary/aromatic N) is 2. The molecule has 132 valence electrons. The van der Waals surface area contributed by atoms with Crippen molar-refractivity contribution in [2.75, 3.05) is 10.3 Å². The quantitative estimate of drug-likeness (QED) is 0.508. The molecule has 1 aliphatic rings. The van der Waals surface area contributed by atoms with Crippen LogP contribution in [0.4, 0.5) is 10.8 Å². The summed E-state index contributed by atoms with van der Waals surface area (Å²) in [5, 5.41) is 1.30. The molecule has 2 heterocycles. The van der Waals surface area contributed by atoms with E-state index in [2.05, 4.69) is 15.8 Å². The van der Waals surface area contributed by atoms with Gasteiger partial charge in [-0.1, -0.05) is 46.7 Å². The number of hydrogen-bond acceptors (Lipinski definition) is 6. The molecule has 0 unspecified atom stereocenters. The van der Waals surface area contributed by atoms with Crippen LogP contribution < -0.4 is 15.8 Å². The molecule has 1 fully saturated rings. The van der Waals surface area contributed by atoms with Crippen LogP contribution in [0.5, 0.6) is 0 Å². The van der Waals surface area contributed by atoms with Gasteiger partial charge in [0.15, 0.2) is 5.13 Å². The van der Waals surface area contributed by atoms with Gasteiger partial charge in [0.1, 0.15) is 6.04 Å². The second-order valence-corrected chi connectivity index (χ2v) is 7.55. The summed E-state index contributed by atoms with van der Waals surface area (Å²) >= 11 is 13.5. The number of para-hydroxylation sites is 1. The van der Waals surface area contributed by atoms with Crippen molar-refractivity contribution in [2.45, 2.75) is 12.5 Å². The minimum atomic E-state index is -0.707. The first-order valence-electron chi connectivity index (χ1n) is 7.72. The third-order valence-electron chi connectivity index (χ3n) is 3.94.